The maximum atomic E-state index is 12.1. The van der Waals surface area contributed by atoms with Crippen molar-refractivity contribution in [2.75, 3.05) is 13.2 Å². The molecule has 0 atom stereocenters. The first-order chi connectivity index (χ1) is 10.1. The molecule has 1 amide bonds. The van der Waals surface area contributed by atoms with Gasteiger partial charge in [0, 0.05) is 17.3 Å². The molecule has 0 bridgehead atoms. The average molecular weight is 289 g/mol. The zero-order chi connectivity index (χ0) is 15.3. The number of hydrogen-bond acceptors (Lipinski definition) is 3. The minimum Gasteiger partial charge on any atom is -0.396 e. The second kappa shape index (κ2) is 6.72. The molecule has 2 aromatic rings. The molecule has 1 aromatic carbocycles. The molecule has 2 rings (SSSR count). The van der Waals surface area contributed by atoms with Crippen molar-refractivity contribution in [3.63, 3.8) is 0 Å². The van der Waals surface area contributed by atoms with Crippen LogP contribution in [0.25, 0.3) is 10.9 Å². The van der Waals surface area contributed by atoms with E-state index in [9.17, 15) is 9.90 Å². The molecule has 0 fully saturated rings. The lowest BCUT2D eigenvalue weighted by molar-refractivity contribution is -0.122. The van der Waals surface area contributed by atoms with Gasteiger partial charge in [-0.05, 0) is 18.9 Å². The Labute approximate surface area is 125 Å². The van der Waals surface area contributed by atoms with E-state index in [0.717, 1.165) is 23.7 Å². The number of amides is 1. The van der Waals surface area contributed by atoms with Crippen LogP contribution in [0.1, 0.15) is 26.7 Å². The molecule has 114 valence electrons. The molecule has 1 aromatic heterocycles. The molecular weight excluding hydrogens is 266 g/mol. The SMILES string of the molecule is CCC(CC)(CO)CNC(=O)Cn1ncc2ccccc21. The van der Waals surface area contributed by atoms with Gasteiger partial charge in [0.25, 0.3) is 0 Å². The Balaban J connectivity index is 1.99. The van der Waals surface area contributed by atoms with Crippen LogP contribution in [-0.4, -0.2) is 33.9 Å². The highest BCUT2D eigenvalue weighted by Crippen LogP contribution is 2.24. The number of nitrogens with one attached hydrogen (secondary N) is 1. The molecule has 0 radical (unpaired) electrons. The fraction of sp³-hybridized carbons (Fsp3) is 0.500. The number of fused-ring (bicyclic) bond motifs is 1. The summed E-state index contributed by atoms with van der Waals surface area (Å²) in [5.74, 6) is -0.0800. The van der Waals surface area contributed by atoms with E-state index < -0.39 is 0 Å². The summed E-state index contributed by atoms with van der Waals surface area (Å²) in [5.41, 5.74) is 0.731. The normalized spacial score (nSPS) is 11.8. The minimum absolute atomic E-state index is 0.0800. The van der Waals surface area contributed by atoms with Gasteiger partial charge in [-0.25, -0.2) is 0 Å². The Morgan fingerprint density at radius 3 is 2.71 bits per heavy atom. The number of nitrogens with zero attached hydrogens (tertiary/aromatic N) is 2. The third kappa shape index (κ3) is 3.42. The molecule has 0 aliphatic rings. The van der Waals surface area contributed by atoms with E-state index in [1.54, 1.807) is 10.9 Å². The molecule has 0 spiro atoms. The van der Waals surface area contributed by atoms with Gasteiger partial charge >= 0.3 is 0 Å². The van der Waals surface area contributed by atoms with Crippen molar-refractivity contribution in [2.45, 2.75) is 33.2 Å². The van der Waals surface area contributed by atoms with Crippen LogP contribution in [0.2, 0.25) is 0 Å². The van der Waals surface area contributed by atoms with Crippen molar-refractivity contribution >= 4 is 16.8 Å². The van der Waals surface area contributed by atoms with Crippen LogP contribution in [0.3, 0.4) is 0 Å². The molecular formula is C16H23N3O2. The summed E-state index contributed by atoms with van der Waals surface area (Å²) in [7, 11) is 0. The Morgan fingerprint density at radius 1 is 1.33 bits per heavy atom. The molecule has 1 heterocycles. The molecule has 0 saturated heterocycles. The Morgan fingerprint density at radius 2 is 2.05 bits per heavy atom. The number of hydrogen-bond donors (Lipinski definition) is 2. The summed E-state index contributed by atoms with van der Waals surface area (Å²) >= 11 is 0. The number of aliphatic hydroxyl groups is 1. The Kier molecular flexibility index (Phi) is 4.96. The van der Waals surface area contributed by atoms with Crippen LogP contribution in [-0.2, 0) is 11.3 Å². The van der Waals surface area contributed by atoms with Crippen LogP contribution in [0.4, 0.5) is 0 Å². The third-order valence-electron chi connectivity index (χ3n) is 4.34. The zero-order valence-electron chi connectivity index (χ0n) is 12.7. The summed E-state index contributed by atoms with van der Waals surface area (Å²) in [6, 6.07) is 7.81. The van der Waals surface area contributed by atoms with Crippen molar-refractivity contribution in [2.24, 2.45) is 5.41 Å². The van der Waals surface area contributed by atoms with E-state index >= 15 is 0 Å². The van der Waals surface area contributed by atoms with Crippen molar-refractivity contribution in [1.82, 2.24) is 15.1 Å². The van der Waals surface area contributed by atoms with Gasteiger partial charge in [-0.1, -0.05) is 32.0 Å². The van der Waals surface area contributed by atoms with E-state index in [2.05, 4.69) is 10.4 Å². The number of aliphatic hydroxyl groups excluding tert-OH is 1. The zero-order valence-corrected chi connectivity index (χ0v) is 12.7. The van der Waals surface area contributed by atoms with Gasteiger partial charge in [-0.15, -0.1) is 0 Å². The van der Waals surface area contributed by atoms with Gasteiger partial charge in [0.15, 0.2) is 0 Å². The Bertz CT molecular complexity index is 594. The quantitative estimate of drug-likeness (QED) is 0.818. The van der Waals surface area contributed by atoms with Crippen LogP contribution in [0.5, 0.6) is 0 Å². The number of carbonyl (C=O) groups is 1. The van der Waals surface area contributed by atoms with Gasteiger partial charge in [-0.3, -0.25) is 9.48 Å². The first kappa shape index (κ1) is 15.5. The third-order valence-corrected chi connectivity index (χ3v) is 4.34. The van der Waals surface area contributed by atoms with Crippen LogP contribution >= 0.6 is 0 Å². The molecule has 21 heavy (non-hydrogen) atoms. The fourth-order valence-corrected chi connectivity index (χ4v) is 2.41. The maximum absolute atomic E-state index is 12.1. The average Bonchev–Trinajstić information content (AvgIpc) is 2.93. The van der Waals surface area contributed by atoms with Gasteiger partial charge in [0.1, 0.15) is 6.54 Å². The minimum atomic E-state index is -0.220. The van der Waals surface area contributed by atoms with E-state index in [4.69, 9.17) is 0 Å². The van der Waals surface area contributed by atoms with Crippen molar-refractivity contribution < 1.29 is 9.90 Å². The van der Waals surface area contributed by atoms with E-state index in [0.29, 0.717) is 6.54 Å². The lowest BCUT2D eigenvalue weighted by Crippen LogP contribution is -2.40. The fourth-order valence-electron chi connectivity index (χ4n) is 2.41. The van der Waals surface area contributed by atoms with E-state index in [1.807, 2.05) is 38.1 Å². The van der Waals surface area contributed by atoms with Gasteiger partial charge in [0.2, 0.25) is 5.91 Å². The molecule has 5 heteroatoms. The van der Waals surface area contributed by atoms with Crippen molar-refractivity contribution in [1.29, 1.82) is 0 Å². The van der Waals surface area contributed by atoms with Gasteiger partial charge < -0.3 is 10.4 Å². The largest absolute Gasteiger partial charge is 0.396 e. The summed E-state index contributed by atoms with van der Waals surface area (Å²) in [6.07, 6.45) is 3.44. The number of para-hydroxylation sites is 1. The molecule has 0 aliphatic carbocycles. The number of rotatable bonds is 7. The monoisotopic (exact) mass is 289 g/mol. The lowest BCUT2D eigenvalue weighted by Gasteiger charge is -2.29. The van der Waals surface area contributed by atoms with E-state index in [1.165, 1.54) is 0 Å². The highest BCUT2D eigenvalue weighted by atomic mass is 16.3. The highest BCUT2D eigenvalue weighted by Gasteiger charge is 2.25. The topological polar surface area (TPSA) is 67.2 Å². The lowest BCUT2D eigenvalue weighted by atomic mass is 9.83. The second-order valence-corrected chi connectivity index (χ2v) is 5.50. The van der Waals surface area contributed by atoms with Crippen LogP contribution in [0.15, 0.2) is 30.5 Å². The van der Waals surface area contributed by atoms with E-state index in [-0.39, 0.29) is 24.5 Å². The highest BCUT2D eigenvalue weighted by molar-refractivity contribution is 5.81. The van der Waals surface area contributed by atoms with Gasteiger partial charge in [-0.2, -0.15) is 5.10 Å². The predicted molar refractivity (Wildman–Crippen MR) is 82.8 cm³/mol. The molecule has 0 saturated carbocycles. The standard InChI is InChI=1S/C16H23N3O2/c1-3-16(4-2,12-20)11-17-15(21)10-19-14-8-6-5-7-13(14)9-18-19/h5-9,20H,3-4,10-12H2,1-2H3,(H,17,21). The summed E-state index contributed by atoms with van der Waals surface area (Å²) in [4.78, 5) is 12.1. The summed E-state index contributed by atoms with van der Waals surface area (Å²) in [5, 5.41) is 17.7. The number of aromatic nitrogens is 2. The van der Waals surface area contributed by atoms with Crippen molar-refractivity contribution in [3.05, 3.63) is 30.5 Å². The number of carbonyl (C=O) groups excluding carboxylic acids is 1. The second-order valence-electron chi connectivity index (χ2n) is 5.50. The van der Waals surface area contributed by atoms with Gasteiger partial charge in [0.05, 0.1) is 18.3 Å². The summed E-state index contributed by atoms with van der Waals surface area (Å²) in [6.45, 7) is 4.85. The molecule has 0 unspecified atom stereocenters. The summed E-state index contributed by atoms with van der Waals surface area (Å²) < 4.78 is 1.70. The molecule has 2 N–H and O–H groups in total. The molecule has 5 nitrogen and oxygen atoms in total. The number of benzene rings is 1. The van der Waals surface area contributed by atoms with Crippen LogP contribution in [0, 0.1) is 5.41 Å². The maximum Gasteiger partial charge on any atom is 0.241 e. The smallest absolute Gasteiger partial charge is 0.241 e. The van der Waals surface area contributed by atoms with Crippen molar-refractivity contribution in [3.8, 4) is 0 Å². The Hall–Kier alpha value is -1.88. The first-order valence-corrected chi connectivity index (χ1v) is 7.42. The van der Waals surface area contributed by atoms with Crippen LogP contribution < -0.4 is 5.32 Å². The predicted octanol–water partition coefficient (Wildman–Crippen LogP) is 1.95. The molecule has 0 aliphatic heterocycles. The first-order valence-electron chi connectivity index (χ1n) is 7.42.